The number of amides is 2. The van der Waals surface area contributed by atoms with Crippen molar-refractivity contribution < 1.29 is 9.59 Å². The predicted octanol–water partition coefficient (Wildman–Crippen LogP) is 5.16. The molecule has 7 nitrogen and oxygen atoms in total. The van der Waals surface area contributed by atoms with Gasteiger partial charge in [-0.05, 0) is 71.3 Å². The summed E-state index contributed by atoms with van der Waals surface area (Å²) < 4.78 is 2.99. The molecule has 0 bridgehead atoms. The van der Waals surface area contributed by atoms with Crippen LogP contribution in [0.1, 0.15) is 47.1 Å². The van der Waals surface area contributed by atoms with Crippen molar-refractivity contribution in [2.24, 2.45) is 0 Å². The average molecular weight is 590 g/mol. The van der Waals surface area contributed by atoms with Crippen LogP contribution in [0.25, 0.3) is 0 Å². The van der Waals surface area contributed by atoms with E-state index >= 15 is 0 Å². The Morgan fingerprint density at radius 3 is 2.71 bits per heavy atom. The summed E-state index contributed by atoms with van der Waals surface area (Å²) in [6.07, 6.45) is 1.74. The number of benzene rings is 2. The molecule has 0 aliphatic heterocycles. The topological polar surface area (TPSA) is 88.9 Å². The molecule has 1 heterocycles. The molecule has 3 aromatic rings. The molecule has 9 heteroatoms. The summed E-state index contributed by atoms with van der Waals surface area (Å²) in [6, 6.07) is 13.4. The molecule has 0 atom stereocenters. The highest BCUT2D eigenvalue weighted by atomic mass is 127. The van der Waals surface area contributed by atoms with Crippen LogP contribution in [0.5, 0.6) is 0 Å². The molecule has 34 heavy (non-hydrogen) atoms. The number of nitrogens with one attached hydrogen (secondary N) is 2. The molecule has 0 spiro atoms. The van der Waals surface area contributed by atoms with Gasteiger partial charge >= 0.3 is 0 Å². The lowest BCUT2D eigenvalue weighted by Gasteiger charge is -2.14. The average Bonchev–Trinajstić information content (AvgIpc) is 3.18. The summed E-state index contributed by atoms with van der Waals surface area (Å²) in [4.78, 5) is 25.1. The van der Waals surface area contributed by atoms with Crippen LogP contribution in [-0.2, 0) is 17.9 Å². The van der Waals surface area contributed by atoms with Crippen molar-refractivity contribution in [3.8, 4) is 0 Å². The minimum absolute atomic E-state index is 0.115. The van der Waals surface area contributed by atoms with E-state index in [9.17, 15) is 9.59 Å². The van der Waals surface area contributed by atoms with Gasteiger partial charge in [0.15, 0.2) is 11.0 Å². The Balaban J connectivity index is 1.64. The van der Waals surface area contributed by atoms with Crippen molar-refractivity contribution in [3.05, 3.63) is 81.2 Å². The lowest BCUT2D eigenvalue weighted by molar-refractivity contribution is -0.113. The number of carbonyl (C=O) groups is 2. The summed E-state index contributed by atoms with van der Waals surface area (Å²) >= 11 is 3.57. The quantitative estimate of drug-likeness (QED) is 0.194. The minimum atomic E-state index is -0.177. The smallest absolute Gasteiger partial charge is 0.251 e. The minimum Gasteiger partial charge on any atom is -0.345 e. The van der Waals surface area contributed by atoms with E-state index in [4.69, 9.17) is 0 Å². The molecule has 0 unspecified atom stereocenters. The largest absolute Gasteiger partial charge is 0.345 e. The molecule has 0 aliphatic carbocycles. The SMILES string of the molecule is C=CCn1c(CNC(=O)c2cccc(C)c2)nnc1SCC(=O)Nc1ccc(I)cc1C(C)C. The standard InChI is InChI=1S/C25H28IN5O2S/c1-5-11-31-22(14-27-24(33)18-8-6-7-17(4)12-18)29-30-25(31)34-15-23(32)28-21-10-9-19(26)13-20(21)16(2)3/h5-10,12-13,16H,1,11,14-15H2,2-4H3,(H,27,33)(H,28,32). The molecule has 0 saturated heterocycles. The second-order valence-corrected chi connectivity index (χ2v) is 10.3. The highest BCUT2D eigenvalue weighted by molar-refractivity contribution is 14.1. The van der Waals surface area contributed by atoms with Crippen LogP contribution < -0.4 is 10.6 Å². The molecular formula is C25H28IN5O2S. The molecule has 178 valence electrons. The van der Waals surface area contributed by atoms with E-state index in [1.165, 1.54) is 11.8 Å². The number of rotatable bonds is 10. The van der Waals surface area contributed by atoms with E-state index in [0.717, 1.165) is 20.4 Å². The van der Waals surface area contributed by atoms with Gasteiger partial charge in [-0.15, -0.1) is 16.8 Å². The van der Waals surface area contributed by atoms with Gasteiger partial charge in [0, 0.05) is 21.4 Å². The Morgan fingerprint density at radius 1 is 1.21 bits per heavy atom. The van der Waals surface area contributed by atoms with Gasteiger partial charge in [-0.25, -0.2) is 0 Å². The molecule has 0 aliphatic rings. The van der Waals surface area contributed by atoms with Crippen molar-refractivity contribution in [2.45, 2.75) is 44.9 Å². The number of anilines is 1. The third kappa shape index (κ3) is 6.92. The molecule has 0 fully saturated rings. The number of nitrogens with zero attached hydrogens (tertiary/aromatic N) is 3. The van der Waals surface area contributed by atoms with Gasteiger partial charge in [-0.3, -0.25) is 9.59 Å². The van der Waals surface area contributed by atoms with Crippen LogP contribution in [0.2, 0.25) is 0 Å². The van der Waals surface area contributed by atoms with Crippen molar-refractivity contribution in [1.82, 2.24) is 20.1 Å². The van der Waals surface area contributed by atoms with E-state index in [-0.39, 0.29) is 24.1 Å². The highest BCUT2D eigenvalue weighted by Crippen LogP contribution is 2.27. The number of allylic oxidation sites excluding steroid dienone is 1. The van der Waals surface area contributed by atoms with E-state index in [2.05, 4.69) is 69.9 Å². The van der Waals surface area contributed by atoms with Gasteiger partial charge in [0.2, 0.25) is 5.91 Å². The van der Waals surface area contributed by atoms with E-state index in [1.807, 2.05) is 41.8 Å². The van der Waals surface area contributed by atoms with E-state index < -0.39 is 0 Å². The van der Waals surface area contributed by atoms with Crippen molar-refractivity contribution in [1.29, 1.82) is 0 Å². The molecule has 2 amide bonds. The monoisotopic (exact) mass is 589 g/mol. The Morgan fingerprint density at radius 2 is 2.00 bits per heavy atom. The third-order valence-electron chi connectivity index (χ3n) is 5.03. The Kier molecular flexibility index (Phi) is 9.28. The predicted molar refractivity (Wildman–Crippen MR) is 145 cm³/mol. The maximum absolute atomic E-state index is 12.7. The number of hydrogen-bond acceptors (Lipinski definition) is 5. The third-order valence-corrected chi connectivity index (χ3v) is 6.67. The first kappa shape index (κ1) is 26.0. The Bertz CT molecular complexity index is 1190. The Labute approximate surface area is 218 Å². The molecule has 0 saturated carbocycles. The lowest BCUT2D eigenvalue weighted by Crippen LogP contribution is -2.25. The zero-order chi connectivity index (χ0) is 24.7. The zero-order valence-electron chi connectivity index (χ0n) is 19.5. The normalized spacial score (nSPS) is 10.9. The van der Waals surface area contributed by atoms with Crippen LogP contribution >= 0.6 is 34.4 Å². The van der Waals surface area contributed by atoms with Crippen LogP contribution in [0, 0.1) is 10.5 Å². The lowest BCUT2D eigenvalue weighted by atomic mass is 10.0. The fraction of sp³-hybridized carbons (Fsp3) is 0.280. The van der Waals surface area contributed by atoms with Crippen LogP contribution in [0.4, 0.5) is 5.69 Å². The van der Waals surface area contributed by atoms with Gasteiger partial charge in [0.25, 0.3) is 5.91 Å². The van der Waals surface area contributed by atoms with Gasteiger partial charge in [0.05, 0.1) is 12.3 Å². The second-order valence-electron chi connectivity index (χ2n) is 8.07. The first-order chi connectivity index (χ1) is 16.3. The zero-order valence-corrected chi connectivity index (χ0v) is 22.4. The van der Waals surface area contributed by atoms with Gasteiger partial charge < -0.3 is 15.2 Å². The van der Waals surface area contributed by atoms with Crippen molar-refractivity contribution in [2.75, 3.05) is 11.1 Å². The number of thioether (sulfide) groups is 1. The summed E-state index contributed by atoms with van der Waals surface area (Å²) in [6.45, 7) is 10.6. The fourth-order valence-electron chi connectivity index (χ4n) is 3.36. The molecular weight excluding hydrogens is 561 g/mol. The maximum Gasteiger partial charge on any atom is 0.251 e. The first-order valence-corrected chi connectivity index (χ1v) is 12.9. The summed E-state index contributed by atoms with van der Waals surface area (Å²) in [5.41, 5.74) is 3.54. The summed E-state index contributed by atoms with van der Waals surface area (Å²) in [5, 5.41) is 15.0. The highest BCUT2D eigenvalue weighted by Gasteiger charge is 2.16. The Hall–Kier alpha value is -2.66. The fourth-order valence-corrected chi connectivity index (χ4v) is 4.64. The van der Waals surface area contributed by atoms with Gasteiger partial charge in [0.1, 0.15) is 0 Å². The van der Waals surface area contributed by atoms with Crippen LogP contribution in [-0.4, -0.2) is 32.3 Å². The number of carbonyl (C=O) groups excluding carboxylic acids is 2. The van der Waals surface area contributed by atoms with Crippen LogP contribution in [0.3, 0.4) is 0 Å². The summed E-state index contributed by atoms with van der Waals surface area (Å²) in [5.74, 6) is 0.794. The van der Waals surface area contributed by atoms with Crippen molar-refractivity contribution in [3.63, 3.8) is 0 Å². The second kappa shape index (κ2) is 12.2. The molecule has 0 radical (unpaired) electrons. The number of hydrogen-bond donors (Lipinski definition) is 2. The first-order valence-electron chi connectivity index (χ1n) is 10.9. The number of aromatic nitrogens is 3. The summed E-state index contributed by atoms with van der Waals surface area (Å²) in [7, 11) is 0. The number of halogens is 1. The molecule has 3 rings (SSSR count). The van der Waals surface area contributed by atoms with Crippen LogP contribution in [0.15, 0.2) is 60.3 Å². The maximum atomic E-state index is 12.7. The molecule has 1 aromatic heterocycles. The van der Waals surface area contributed by atoms with Gasteiger partial charge in [-0.2, -0.15) is 0 Å². The molecule has 2 N–H and O–H groups in total. The number of aryl methyl sites for hydroxylation is 1. The molecule has 2 aromatic carbocycles. The van der Waals surface area contributed by atoms with Crippen molar-refractivity contribution >= 4 is 51.9 Å². The van der Waals surface area contributed by atoms with Gasteiger partial charge in [-0.1, -0.05) is 49.4 Å². The van der Waals surface area contributed by atoms with E-state index in [0.29, 0.717) is 29.0 Å². The van der Waals surface area contributed by atoms with E-state index in [1.54, 1.807) is 12.1 Å².